The maximum absolute atomic E-state index is 12.7. The van der Waals surface area contributed by atoms with Gasteiger partial charge in [0.1, 0.15) is 12.6 Å². The summed E-state index contributed by atoms with van der Waals surface area (Å²) in [5.41, 5.74) is 2.82. The molecule has 1 heterocycles. The fourth-order valence-electron chi connectivity index (χ4n) is 2.69. The van der Waals surface area contributed by atoms with Gasteiger partial charge >= 0.3 is 12.0 Å². The molecule has 1 aromatic carbocycles. The normalized spacial score (nSPS) is 18.8. The number of ether oxygens (including phenoxy) is 2. The molecule has 1 aliphatic rings. The van der Waals surface area contributed by atoms with Gasteiger partial charge in [0.2, 0.25) is 11.7 Å². The van der Waals surface area contributed by atoms with Crippen molar-refractivity contribution in [3.05, 3.63) is 35.9 Å². The van der Waals surface area contributed by atoms with Crippen molar-refractivity contribution < 1.29 is 33.5 Å². The predicted molar refractivity (Wildman–Crippen MR) is 105 cm³/mol. The summed E-state index contributed by atoms with van der Waals surface area (Å²) < 4.78 is 10.4. The minimum atomic E-state index is -1.11. The van der Waals surface area contributed by atoms with Gasteiger partial charge in [0, 0.05) is 6.61 Å². The summed E-state index contributed by atoms with van der Waals surface area (Å²) in [5.74, 6) is -2.72. The molecule has 30 heavy (non-hydrogen) atoms. The number of nitrogens with one attached hydrogen (secondary N) is 3. The molecule has 0 saturated carbocycles. The minimum absolute atomic E-state index is 0.0533. The summed E-state index contributed by atoms with van der Waals surface area (Å²) in [6.07, 6.45) is -0.652. The van der Waals surface area contributed by atoms with Crippen molar-refractivity contribution in [1.82, 2.24) is 16.1 Å². The van der Waals surface area contributed by atoms with Crippen LogP contribution in [0, 0.1) is 5.92 Å². The third-order valence-electron chi connectivity index (χ3n) is 4.34. The Balaban J connectivity index is 1.96. The highest BCUT2D eigenvalue weighted by atomic mass is 16.7. The largest absolute Gasteiger partial charge is 0.445 e. The van der Waals surface area contributed by atoms with Gasteiger partial charge in [-0.05, 0) is 17.9 Å². The molecule has 0 aromatic heterocycles. The molecule has 1 saturated heterocycles. The van der Waals surface area contributed by atoms with E-state index in [1.165, 1.54) is 0 Å². The van der Waals surface area contributed by atoms with E-state index in [-0.39, 0.29) is 38.8 Å². The first-order chi connectivity index (χ1) is 14.4. The maximum Gasteiger partial charge on any atom is 0.408 e. The summed E-state index contributed by atoms with van der Waals surface area (Å²) in [5, 5.41) is 5.03. The summed E-state index contributed by atoms with van der Waals surface area (Å²) in [4.78, 5) is 53.8. The highest BCUT2D eigenvalue weighted by Gasteiger charge is 2.32. The Morgan fingerprint density at radius 3 is 2.60 bits per heavy atom. The molecular formula is C20H27N3O7. The third-order valence-corrected chi connectivity index (χ3v) is 4.34. The Morgan fingerprint density at radius 2 is 1.90 bits per heavy atom. The molecule has 1 fully saturated rings. The molecule has 10 nitrogen and oxygen atoms in total. The van der Waals surface area contributed by atoms with E-state index in [1.54, 1.807) is 13.8 Å². The molecule has 2 rings (SSSR count). The molecule has 164 valence electrons. The van der Waals surface area contributed by atoms with Gasteiger partial charge in [0.05, 0.1) is 19.3 Å². The smallest absolute Gasteiger partial charge is 0.408 e. The second-order valence-corrected chi connectivity index (χ2v) is 7.03. The molecule has 1 aromatic rings. The van der Waals surface area contributed by atoms with Crippen molar-refractivity contribution in [2.75, 3.05) is 19.8 Å². The Labute approximate surface area is 174 Å². The fourth-order valence-corrected chi connectivity index (χ4v) is 2.69. The third kappa shape index (κ3) is 7.45. The van der Waals surface area contributed by atoms with Gasteiger partial charge in [-0.3, -0.25) is 19.2 Å². The minimum Gasteiger partial charge on any atom is -0.445 e. The zero-order valence-corrected chi connectivity index (χ0v) is 17.0. The lowest BCUT2D eigenvalue weighted by atomic mass is 10.0. The van der Waals surface area contributed by atoms with Gasteiger partial charge in [-0.25, -0.2) is 10.3 Å². The van der Waals surface area contributed by atoms with Crippen LogP contribution in [0.3, 0.4) is 0 Å². The fraction of sp³-hybridized carbons (Fsp3) is 0.500. The summed E-state index contributed by atoms with van der Waals surface area (Å²) in [6, 6.07) is 7.04. The summed E-state index contributed by atoms with van der Waals surface area (Å²) in [7, 11) is 0. The molecule has 1 aliphatic heterocycles. The van der Waals surface area contributed by atoms with E-state index in [1.807, 2.05) is 35.8 Å². The van der Waals surface area contributed by atoms with Crippen LogP contribution in [0.25, 0.3) is 0 Å². The van der Waals surface area contributed by atoms with Crippen molar-refractivity contribution in [2.45, 2.75) is 39.0 Å². The molecule has 3 N–H and O–H groups in total. The number of rotatable bonds is 6. The molecule has 3 amide bonds. The zero-order chi connectivity index (χ0) is 21.9. The van der Waals surface area contributed by atoms with Crippen LogP contribution in [0.2, 0.25) is 0 Å². The molecule has 0 bridgehead atoms. The number of carbonyl (C=O) groups is 4. The van der Waals surface area contributed by atoms with Crippen LogP contribution in [-0.2, 0) is 35.3 Å². The number of hydrogen-bond donors (Lipinski definition) is 3. The number of hydrogen-bond acceptors (Lipinski definition) is 7. The first kappa shape index (κ1) is 23.3. The van der Waals surface area contributed by atoms with Gasteiger partial charge in [-0.15, -0.1) is 0 Å². The molecule has 2 atom stereocenters. The molecule has 10 heteroatoms. The van der Waals surface area contributed by atoms with E-state index in [0.717, 1.165) is 5.56 Å². The Hall–Kier alpha value is -2.98. The lowest BCUT2D eigenvalue weighted by Crippen LogP contribution is -2.56. The van der Waals surface area contributed by atoms with Crippen molar-refractivity contribution in [2.24, 2.45) is 5.92 Å². The molecule has 0 aliphatic carbocycles. The SMILES string of the molecule is CC(C)C(NC(=O)OCc1ccccc1)C(=O)NC1CCOCCONC(=O)C1=O. The van der Waals surface area contributed by atoms with E-state index in [0.29, 0.717) is 0 Å². The molecular weight excluding hydrogens is 394 g/mol. The molecule has 2 unspecified atom stereocenters. The quantitative estimate of drug-likeness (QED) is 0.569. The zero-order valence-electron chi connectivity index (χ0n) is 17.0. The van der Waals surface area contributed by atoms with Gasteiger partial charge in [0.15, 0.2) is 0 Å². The van der Waals surface area contributed by atoms with Crippen LogP contribution >= 0.6 is 0 Å². The Morgan fingerprint density at radius 1 is 1.17 bits per heavy atom. The number of ketones is 1. The van der Waals surface area contributed by atoms with Crippen molar-refractivity contribution >= 4 is 23.7 Å². The monoisotopic (exact) mass is 421 g/mol. The molecule has 0 radical (unpaired) electrons. The summed E-state index contributed by atoms with van der Waals surface area (Å²) >= 11 is 0. The predicted octanol–water partition coefficient (Wildman–Crippen LogP) is 0.459. The van der Waals surface area contributed by atoms with Gasteiger partial charge in [-0.1, -0.05) is 44.2 Å². The van der Waals surface area contributed by atoms with Crippen molar-refractivity contribution in [1.29, 1.82) is 0 Å². The van der Waals surface area contributed by atoms with Crippen LogP contribution < -0.4 is 16.1 Å². The van der Waals surface area contributed by atoms with Crippen molar-refractivity contribution in [3.63, 3.8) is 0 Å². The first-order valence-electron chi connectivity index (χ1n) is 9.69. The Bertz CT molecular complexity index is 739. The number of benzene rings is 1. The van der Waals surface area contributed by atoms with Gasteiger partial charge < -0.3 is 20.1 Å². The van der Waals surface area contributed by atoms with E-state index in [4.69, 9.17) is 14.3 Å². The first-order valence-corrected chi connectivity index (χ1v) is 9.69. The standard InChI is InChI=1S/C20H27N3O7/c1-13(2)16(22-20(27)29-12-14-6-4-3-5-7-14)18(25)21-15-8-9-28-10-11-30-23-19(26)17(15)24/h3-7,13,15-16H,8-12H2,1-2H3,(H,21,25)(H,22,27)(H,23,26). The second kappa shape index (κ2) is 11.9. The topological polar surface area (TPSA) is 132 Å². The van der Waals surface area contributed by atoms with Crippen LogP contribution in [0.5, 0.6) is 0 Å². The maximum atomic E-state index is 12.7. The lowest BCUT2D eigenvalue weighted by Gasteiger charge is -2.25. The van der Waals surface area contributed by atoms with Gasteiger partial charge in [-0.2, -0.15) is 0 Å². The number of hydroxylamine groups is 1. The van der Waals surface area contributed by atoms with Crippen molar-refractivity contribution in [3.8, 4) is 0 Å². The highest BCUT2D eigenvalue weighted by molar-refractivity contribution is 6.38. The number of amides is 3. The van der Waals surface area contributed by atoms with E-state index < -0.39 is 35.8 Å². The lowest BCUT2D eigenvalue weighted by molar-refractivity contribution is -0.149. The number of carbonyl (C=O) groups excluding carboxylic acids is 4. The molecule has 0 spiro atoms. The van der Waals surface area contributed by atoms with Crippen LogP contribution in [0.15, 0.2) is 30.3 Å². The summed E-state index contributed by atoms with van der Waals surface area (Å²) in [6.45, 7) is 4.03. The van der Waals surface area contributed by atoms with Crippen LogP contribution in [0.1, 0.15) is 25.8 Å². The van der Waals surface area contributed by atoms with Gasteiger partial charge in [0.25, 0.3) is 0 Å². The van der Waals surface area contributed by atoms with Crippen LogP contribution in [-0.4, -0.2) is 55.6 Å². The number of Topliss-reactive ketones (excluding diaryl/α,β-unsaturated/α-hetero) is 1. The van der Waals surface area contributed by atoms with E-state index in [2.05, 4.69) is 10.6 Å². The van der Waals surface area contributed by atoms with Crippen LogP contribution in [0.4, 0.5) is 4.79 Å². The average Bonchev–Trinajstić information content (AvgIpc) is 2.73. The Kier molecular flexibility index (Phi) is 9.23. The second-order valence-electron chi connectivity index (χ2n) is 7.03. The number of alkyl carbamates (subject to hydrolysis) is 1. The van der Waals surface area contributed by atoms with E-state index >= 15 is 0 Å². The highest BCUT2D eigenvalue weighted by Crippen LogP contribution is 2.07. The average molecular weight is 421 g/mol. The van der Waals surface area contributed by atoms with E-state index in [9.17, 15) is 19.2 Å².